The number of hydrogen-bond donors (Lipinski definition) is 2. The minimum Gasteiger partial charge on any atom is -0.480 e. The fourth-order valence-corrected chi connectivity index (χ4v) is 3.37. The van der Waals surface area contributed by atoms with Crippen molar-refractivity contribution in [1.82, 2.24) is 5.32 Å². The summed E-state index contributed by atoms with van der Waals surface area (Å²) in [5.41, 5.74) is -2.25. The van der Waals surface area contributed by atoms with Gasteiger partial charge in [0.05, 0.1) is 9.82 Å². The number of rotatable bonds is 5. The van der Waals surface area contributed by atoms with Gasteiger partial charge in [-0.1, -0.05) is 12.8 Å². The van der Waals surface area contributed by atoms with Gasteiger partial charge in [-0.05, 0) is 18.9 Å². The normalized spacial score (nSPS) is 16.5. The molecule has 2 rings (SSSR count). The lowest BCUT2D eigenvalue weighted by atomic mass is 9.97. The molecule has 0 aliphatic heterocycles. The van der Waals surface area contributed by atoms with E-state index in [4.69, 9.17) is 0 Å². The molecule has 1 aromatic rings. The topological polar surface area (TPSA) is 144 Å². The smallest absolute Gasteiger partial charge is 0.329 e. The summed E-state index contributed by atoms with van der Waals surface area (Å²) in [7, 11) is -3.77. The number of aliphatic carboxylic acids is 1. The third kappa shape index (κ3) is 3.53. The van der Waals surface area contributed by atoms with E-state index in [0.29, 0.717) is 12.8 Å². The summed E-state index contributed by atoms with van der Waals surface area (Å²) in [5.74, 6) is -2.03. The maximum atomic E-state index is 12.4. The monoisotopic (exact) mass is 356 g/mol. The Hall–Kier alpha value is -2.49. The number of non-ortho nitro benzene ring substituents is 1. The van der Waals surface area contributed by atoms with Gasteiger partial charge >= 0.3 is 5.97 Å². The first-order valence-corrected chi connectivity index (χ1v) is 9.00. The highest BCUT2D eigenvalue weighted by molar-refractivity contribution is 7.90. The largest absolute Gasteiger partial charge is 0.480 e. The van der Waals surface area contributed by atoms with E-state index in [9.17, 15) is 33.2 Å². The fraction of sp³-hybridized carbons (Fsp3) is 0.429. The minimum absolute atomic E-state index is 0.252. The highest BCUT2D eigenvalue weighted by Crippen LogP contribution is 2.30. The zero-order chi connectivity index (χ0) is 18.1. The van der Waals surface area contributed by atoms with Gasteiger partial charge < -0.3 is 10.4 Å². The number of nitrogens with zero attached hydrogens (tertiary/aromatic N) is 1. The van der Waals surface area contributed by atoms with E-state index in [2.05, 4.69) is 5.32 Å². The zero-order valence-corrected chi connectivity index (χ0v) is 13.6. The van der Waals surface area contributed by atoms with Crippen LogP contribution in [-0.2, 0) is 14.6 Å². The van der Waals surface area contributed by atoms with Crippen LogP contribution in [0.5, 0.6) is 0 Å². The van der Waals surface area contributed by atoms with Crippen LogP contribution in [0.4, 0.5) is 5.69 Å². The van der Waals surface area contributed by atoms with E-state index in [1.807, 2.05) is 0 Å². The van der Waals surface area contributed by atoms with Crippen molar-refractivity contribution in [3.05, 3.63) is 33.9 Å². The lowest BCUT2D eigenvalue weighted by molar-refractivity contribution is -0.385. The molecule has 1 aliphatic carbocycles. The van der Waals surface area contributed by atoms with E-state index >= 15 is 0 Å². The first kappa shape index (κ1) is 17.9. The average molecular weight is 356 g/mol. The molecule has 1 amide bonds. The van der Waals surface area contributed by atoms with Crippen molar-refractivity contribution in [2.24, 2.45) is 0 Å². The van der Waals surface area contributed by atoms with Crippen LogP contribution in [0.15, 0.2) is 23.1 Å². The summed E-state index contributed by atoms with van der Waals surface area (Å²) in [6, 6.07) is 2.78. The SMILES string of the molecule is CS(=O)(=O)c1cc(C(=O)NC2(C(=O)O)CCCC2)cc([N+](=O)[O-])c1. The molecule has 0 atom stereocenters. The number of carbonyl (C=O) groups is 2. The van der Waals surface area contributed by atoms with Crippen molar-refractivity contribution >= 4 is 27.4 Å². The molecule has 0 bridgehead atoms. The van der Waals surface area contributed by atoms with Gasteiger partial charge in [-0.2, -0.15) is 0 Å². The van der Waals surface area contributed by atoms with E-state index in [1.54, 1.807) is 0 Å². The molecule has 0 aromatic heterocycles. The molecule has 0 heterocycles. The number of nitro benzene ring substituents is 1. The van der Waals surface area contributed by atoms with Crippen molar-refractivity contribution in [2.45, 2.75) is 36.1 Å². The Morgan fingerprint density at radius 2 is 1.83 bits per heavy atom. The van der Waals surface area contributed by atoms with E-state index < -0.39 is 37.9 Å². The summed E-state index contributed by atoms with van der Waals surface area (Å²) in [6.45, 7) is 0. The molecule has 0 radical (unpaired) electrons. The number of benzene rings is 1. The molecule has 130 valence electrons. The highest BCUT2D eigenvalue weighted by Gasteiger charge is 2.42. The van der Waals surface area contributed by atoms with E-state index in [-0.39, 0.29) is 23.3 Å². The molecule has 9 nitrogen and oxygen atoms in total. The molecule has 24 heavy (non-hydrogen) atoms. The number of nitrogens with one attached hydrogen (secondary N) is 1. The molecule has 1 saturated carbocycles. The molecule has 0 saturated heterocycles. The van der Waals surface area contributed by atoms with Crippen molar-refractivity contribution in [1.29, 1.82) is 0 Å². The van der Waals surface area contributed by atoms with Gasteiger partial charge in [-0.25, -0.2) is 13.2 Å². The van der Waals surface area contributed by atoms with Crippen LogP contribution in [-0.4, -0.2) is 42.1 Å². The van der Waals surface area contributed by atoms with Crippen LogP contribution in [0.1, 0.15) is 36.0 Å². The average Bonchev–Trinajstić information content (AvgIpc) is 2.95. The second-order valence-electron chi connectivity index (χ2n) is 5.79. The maximum absolute atomic E-state index is 12.4. The van der Waals surface area contributed by atoms with Gasteiger partial charge in [0.1, 0.15) is 5.54 Å². The second kappa shape index (κ2) is 6.19. The Morgan fingerprint density at radius 3 is 2.29 bits per heavy atom. The molecule has 1 fully saturated rings. The zero-order valence-electron chi connectivity index (χ0n) is 12.8. The maximum Gasteiger partial charge on any atom is 0.329 e. The van der Waals surface area contributed by atoms with Gasteiger partial charge in [0.2, 0.25) is 0 Å². The molecule has 2 N–H and O–H groups in total. The Bertz CT molecular complexity index is 810. The first-order chi connectivity index (χ1) is 11.0. The van der Waals surface area contributed by atoms with Gasteiger partial charge in [-0.15, -0.1) is 0 Å². The molecule has 10 heteroatoms. The Balaban J connectivity index is 2.43. The van der Waals surface area contributed by atoms with E-state index in [1.165, 1.54) is 0 Å². The summed E-state index contributed by atoms with van der Waals surface area (Å²) in [5, 5.41) is 22.7. The predicted molar refractivity (Wildman–Crippen MR) is 82.5 cm³/mol. The van der Waals surface area contributed by atoms with Crippen LogP contribution in [0, 0.1) is 10.1 Å². The third-order valence-corrected chi connectivity index (χ3v) is 5.10. The van der Waals surface area contributed by atoms with Crippen molar-refractivity contribution < 1.29 is 28.0 Å². The molecule has 0 unspecified atom stereocenters. The van der Waals surface area contributed by atoms with Gasteiger partial charge in [0.25, 0.3) is 11.6 Å². The minimum atomic E-state index is -3.77. The van der Waals surface area contributed by atoms with Crippen LogP contribution in [0.2, 0.25) is 0 Å². The van der Waals surface area contributed by atoms with Gasteiger partial charge in [0, 0.05) is 24.0 Å². The predicted octanol–water partition coefficient (Wildman–Crippen LogP) is 1.13. The van der Waals surface area contributed by atoms with Crippen LogP contribution in [0.3, 0.4) is 0 Å². The number of carboxylic acid groups (broad SMARTS) is 1. The molecule has 1 aromatic carbocycles. The van der Waals surface area contributed by atoms with Gasteiger partial charge in [-0.3, -0.25) is 14.9 Å². The molecular weight excluding hydrogens is 340 g/mol. The Labute approximate surface area is 137 Å². The summed E-state index contributed by atoms with van der Waals surface area (Å²) < 4.78 is 23.3. The lowest BCUT2D eigenvalue weighted by Gasteiger charge is -2.25. The number of carbonyl (C=O) groups excluding carboxylic acids is 1. The van der Waals surface area contributed by atoms with Gasteiger partial charge in [0.15, 0.2) is 9.84 Å². The van der Waals surface area contributed by atoms with Crippen molar-refractivity contribution in [3.63, 3.8) is 0 Å². The number of hydrogen-bond acceptors (Lipinski definition) is 6. The molecular formula is C14H16N2O7S. The number of sulfone groups is 1. The molecule has 0 spiro atoms. The number of amides is 1. The summed E-state index contributed by atoms with van der Waals surface area (Å²) in [6.07, 6.45) is 2.64. The second-order valence-corrected chi connectivity index (χ2v) is 7.81. The molecule has 1 aliphatic rings. The first-order valence-electron chi connectivity index (χ1n) is 7.11. The third-order valence-electron chi connectivity index (χ3n) is 4.01. The number of carboxylic acids is 1. The summed E-state index contributed by atoms with van der Waals surface area (Å²) in [4.78, 5) is 33.6. The van der Waals surface area contributed by atoms with Crippen molar-refractivity contribution in [3.8, 4) is 0 Å². The van der Waals surface area contributed by atoms with Crippen LogP contribution in [0.25, 0.3) is 0 Å². The van der Waals surface area contributed by atoms with Crippen molar-refractivity contribution in [2.75, 3.05) is 6.26 Å². The lowest BCUT2D eigenvalue weighted by Crippen LogP contribution is -2.52. The fourth-order valence-electron chi connectivity index (χ4n) is 2.69. The van der Waals surface area contributed by atoms with E-state index in [0.717, 1.165) is 24.5 Å². The number of nitro groups is 1. The Kier molecular flexibility index (Phi) is 4.61. The standard InChI is InChI=1S/C14H16N2O7S/c1-24(22,23)11-7-9(6-10(8-11)16(20)21)12(17)15-14(13(18)19)4-2-3-5-14/h6-8H,2-5H2,1H3,(H,15,17)(H,18,19). The van der Waals surface area contributed by atoms with Crippen LogP contribution < -0.4 is 5.32 Å². The quantitative estimate of drug-likeness (QED) is 0.594. The van der Waals surface area contributed by atoms with Crippen LogP contribution >= 0.6 is 0 Å². The summed E-state index contributed by atoms with van der Waals surface area (Å²) >= 11 is 0. The Morgan fingerprint density at radius 1 is 1.25 bits per heavy atom. The highest BCUT2D eigenvalue weighted by atomic mass is 32.2.